The van der Waals surface area contributed by atoms with Gasteiger partial charge in [0.2, 0.25) is 0 Å². The highest BCUT2D eigenvalue weighted by molar-refractivity contribution is 5.71. The molecule has 2 aromatic rings. The molecule has 1 fully saturated rings. The van der Waals surface area contributed by atoms with Gasteiger partial charge in [-0.2, -0.15) is 0 Å². The molecule has 5 heteroatoms. The lowest BCUT2D eigenvalue weighted by atomic mass is 10.1. The lowest BCUT2D eigenvalue weighted by Gasteiger charge is -2.13. The zero-order chi connectivity index (χ0) is 13.9. The quantitative estimate of drug-likeness (QED) is 0.781. The molecule has 1 unspecified atom stereocenters. The van der Waals surface area contributed by atoms with Gasteiger partial charge in [-0.1, -0.05) is 0 Å². The van der Waals surface area contributed by atoms with E-state index in [0.29, 0.717) is 5.92 Å². The number of rotatable bonds is 5. The van der Waals surface area contributed by atoms with Crippen molar-refractivity contribution < 1.29 is 4.74 Å². The third-order valence-corrected chi connectivity index (χ3v) is 4.02. The minimum atomic E-state index is 0.525. The summed E-state index contributed by atoms with van der Waals surface area (Å²) in [5.41, 5.74) is 2.02. The molecule has 0 aliphatic carbocycles. The Morgan fingerprint density at radius 1 is 1.45 bits per heavy atom. The van der Waals surface area contributed by atoms with Gasteiger partial charge in [-0.15, -0.1) is 0 Å². The third-order valence-electron chi connectivity index (χ3n) is 4.02. The average molecular weight is 274 g/mol. The molecule has 20 heavy (non-hydrogen) atoms. The van der Waals surface area contributed by atoms with Crippen LogP contribution in [0.4, 0.5) is 0 Å². The normalized spacial score (nSPS) is 20.0. The van der Waals surface area contributed by atoms with Gasteiger partial charge < -0.3 is 14.2 Å². The summed E-state index contributed by atoms with van der Waals surface area (Å²) in [5, 5.41) is 0. The van der Waals surface area contributed by atoms with E-state index < -0.39 is 0 Å². The van der Waals surface area contributed by atoms with Gasteiger partial charge in [-0.05, 0) is 38.6 Å². The Hall–Kier alpha value is -1.46. The molecule has 0 spiro atoms. The van der Waals surface area contributed by atoms with Crippen molar-refractivity contribution in [2.24, 2.45) is 0 Å². The monoisotopic (exact) mass is 274 g/mol. The van der Waals surface area contributed by atoms with Crippen LogP contribution in [0.1, 0.15) is 24.6 Å². The number of nitrogens with zero attached hydrogens (tertiary/aromatic N) is 4. The Balaban J connectivity index is 1.94. The van der Waals surface area contributed by atoms with Gasteiger partial charge in [0.15, 0.2) is 5.65 Å². The van der Waals surface area contributed by atoms with Crippen LogP contribution in [-0.2, 0) is 11.3 Å². The fraction of sp³-hybridized carbons (Fsp3) is 0.600. The highest BCUT2D eigenvalue weighted by atomic mass is 16.5. The van der Waals surface area contributed by atoms with E-state index in [2.05, 4.69) is 27.6 Å². The van der Waals surface area contributed by atoms with E-state index in [1.54, 1.807) is 7.11 Å². The highest BCUT2D eigenvalue weighted by Crippen LogP contribution is 2.28. The van der Waals surface area contributed by atoms with Crippen molar-refractivity contribution in [1.29, 1.82) is 0 Å². The van der Waals surface area contributed by atoms with Gasteiger partial charge in [0.05, 0.1) is 0 Å². The summed E-state index contributed by atoms with van der Waals surface area (Å²) in [6, 6.07) is 4.01. The van der Waals surface area contributed by atoms with Crippen LogP contribution in [0.15, 0.2) is 18.3 Å². The van der Waals surface area contributed by atoms with Gasteiger partial charge in [-0.25, -0.2) is 9.97 Å². The van der Waals surface area contributed by atoms with Gasteiger partial charge in [0.1, 0.15) is 11.3 Å². The number of likely N-dealkylation sites (N-methyl/N-ethyl adjacent to an activating group) is 1. The van der Waals surface area contributed by atoms with E-state index in [1.165, 1.54) is 12.2 Å². The van der Waals surface area contributed by atoms with Gasteiger partial charge in [0.25, 0.3) is 0 Å². The van der Waals surface area contributed by atoms with Crippen LogP contribution in [0.3, 0.4) is 0 Å². The number of fused-ring (bicyclic) bond motifs is 1. The van der Waals surface area contributed by atoms with E-state index in [1.807, 2.05) is 12.3 Å². The van der Waals surface area contributed by atoms with E-state index in [-0.39, 0.29) is 0 Å². The SMILES string of the molecule is COCCCn1c(C2CCN(C)C2)nc2cccnc21. The first-order valence-corrected chi connectivity index (χ1v) is 7.28. The van der Waals surface area contributed by atoms with Crippen LogP contribution in [0.5, 0.6) is 0 Å². The Labute approximate surface area is 119 Å². The third kappa shape index (κ3) is 2.55. The van der Waals surface area contributed by atoms with E-state index in [9.17, 15) is 0 Å². The van der Waals surface area contributed by atoms with E-state index >= 15 is 0 Å². The van der Waals surface area contributed by atoms with Crippen molar-refractivity contribution in [2.75, 3.05) is 33.9 Å². The average Bonchev–Trinajstić information content (AvgIpc) is 3.03. The van der Waals surface area contributed by atoms with Crippen LogP contribution < -0.4 is 0 Å². The molecule has 3 rings (SSSR count). The number of hydrogen-bond acceptors (Lipinski definition) is 4. The molecule has 1 atom stereocenters. The molecule has 5 nitrogen and oxygen atoms in total. The van der Waals surface area contributed by atoms with E-state index in [0.717, 1.165) is 43.8 Å². The molecule has 108 valence electrons. The summed E-state index contributed by atoms with van der Waals surface area (Å²) in [4.78, 5) is 11.7. The summed E-state index contributed by atoms with van der Waals surface area (Å²) in [6.45, 7) is 3.94. The molecular weight excluding hydrogens is 252 g/mol. The molecule has 1 saturated heterocycles. The van der Waals surface area contributed by atoms with Crippen molar-refractivity contribution in [3.8, 4) is 0 Å². The number of aryl methyl sites for hydroxylation is 1. The van der Waals surface area contributed by atoms with Gasteiger partial charge >= 0.3 is 0 Å². The molecule has 2 aromatic heterocycles. The minimum Gasteiger partial charge on any atom is -0.385 e. The lowest BCUT2D eigenvalue weighted by Crippen LogP contribution is -2.16. The molecule has 1 aliphatic heterocycles. The first kappa shape index (κ1) is 13.5. The molecule has 0 radical (unpaired) electrons. The number of hydrogen-bond donors (Lipinski definition) is 0. The molecule has 3 heterocycles. The fourth-order valence-corrected chi connectivity index (χ4v) is 3.02. The maximum Gasteiger partial charge on any atom is 0.159 e. The van der Waals surface area contributed by atoms with Crippen molar-refractivity contribution in [3.63, 3.8) is 0 Å². The number of methoxy groups -OCH3 is 1. The van der Waals surface area contributed by atoms with Gasteiger partial charge in [-0.3, -0.25) is 0 Å². The minimum absolute atomic E-state index is 0.525. The smallest absolute Gasteiger partial charge is 0.159 e. The molecule has 0 amide bonds. The second kappa shape index (κ2) is 5.89. The number of pyridine rings is 1. The molecule has 0 N–H and O–H groups in total. The maximum absolute atomic E-state index is 5.17. The standard InChI is InChI=1S/C15H22N4O/c1-18-9-6-12(11-18)14-17-13-5-3-7-16-15(13)19(14)8-4-10-20-2/h3,5,7,12H,4,6,8-11H2,1-2H3. The molecular formula is C15H22N4O. The molecule has 0 aromatic carbocycles. The van der Waals surface area contributed by atoms with Crippen molar-refractivity contribution in [1.82, 2.24) is 19.4 Å². The van der Waals surface area contributed by atoms with Crippen molar-refractivity contribution >= 4 is 11.2 Å². The zero-order valence-corrected chi connectivity index (χ0v) is 12.2. The molecule has 0 saturated carbocycles. The molecule has 1 aliphatic rings. The highest BCUT2D eigenvalue weighted by Gasteiger charge is 2.26. The topological polar surface area (TPSA) is 43.2 Å². The fourth-order valence-electron chi connectivity index (χ4n) is 3.02. The summed E-state index contributed by atoms with van der Waals surface area (Å²) in [6.07, 6.45) is 4.03. The Morgan fingerprint density at radius 2 is 2.35 bits per heavy atom. The summed E-state index contributed by atoms with van der Waals surface area (Å²) in [7, 11) is 3.92. The molecule has 0 bridgehead atoms. The zero-order valence-electron chi connectivity index (χ0n) is 12.2. The van der Waals surface area contributed by atoms with Crippen molar-refractivity contribution in [3.05, 3.63) is 24.2 Å². The van der Waals surface area contributed by atoms with Crippen LogP contribution in [-0.4, -0.2) is 53.3 Å². The predicted molar refractivity (Wildman–Crippen MR) is 78.9 cm³/mol. The van der Waals surface area contributed by atoms with Crippen LogP contribution in [0, 0.1) is 0 Å². The van der Waals surface area contributed by atoms with Crippen LogP contribution >= 0.6 is 0 Å². The first-order chi connectivity index (χ1) is 9.79. The second-order valence-electron chi connectivity index (χ2n) is 5.56. The van der Waals surface area contributed by atoms with E-state index in [4.69, 9.17) is 9.72 Å². The number of likely N-dealkylation sites (tertiary alicyclic amines) is 1. The predicted octanol–water partition coefficient (Wildman–Crippen LogP) is 1.89. The summed E-state index contributed by atoms with van der Waals surface area (Å²) < 4.78 is 7.46. The van der Waals surface area contributed by atoms with Crippen LogP contribution in [0.2, 0.25) is 0 Å². The Morgan fingerprint density at radius 3 is 3.10 bits per heavy atom. The van der Waals surface area contributed by atoms with Crippen molar-refractivity contribution in [2.45, 2.75) is 25.3 Å². The van der Waals surface area contributed by atoms with Gasteiger partial charge in [0, 0.05) is 38.9 Å². The number of imidazole rings is 1. The largest absolute Gasteiger partial charge is 0.385 e. The number of ether oxygens (including phenoxy) is 1. The summed E-state index contributed by atoms with van der Waals surface area (Å²) >= 11 is 0. The maximum atomic E-state index is 5.17. The lowest BCUT2D eigenvalue weighted by molar-refractivity contribution is 0.190. The Bertz CT molecular complexity index is 580. The second-order valence-corrected chi connectivity index (χ2v) is 5.56. The van der Waals surface area contributed by atoms with Crippen LogP contribution in [0.25, 0.3) is 11.2 Å². The summed E-state index contributed by atoms with van der Waals surface area (Å²) in [5.74, 6) is 1.72. The number of aromatic nitrogens is 3. The Kier molecular flexibility index (Phi) is 3.98. The first-order valence-electron chi connectivity index (χ1n) is 7.28.